The van der Waals surface area contributed by atoms with Crippen LogP contribution in [-0.4, -0.2) is 34.7 Å². The number of hydrogen-bond acceptors (Lipinski definition) is 4. The van der Waals surface area contributed by atoms with Crippen LogP contribution in [0, 0.1) is 5.92 Å². The van der Waals surface area contributed by atoms with Crippen LogP contribution in [0.5, 0.6) is 0 Å². The molecule has 0 atom stereocenters. The van der Waals surface area contributed by atoms with Crippen LogP contribution in [0.1, 0.15) is 27.2 Å². The van der Waals surface area contributed by atoms with E-state index in [0.29, 0.717) is 24.8 Å². The van der Waals surface area contributed by atoms with Crippen LogP contribution in [0.2, 0.25) is 0 Å². The maximum atomic E-state index is 12.3. The van der Waals surface area contributed by atoms with E-state index in [-0.39, 0.29) is 11.4 Å². The quantitative estimate of drug-likeness (QED) is 0.651. The molecule has 0 aliphatic carbocycles. The molecule has 0 heterocycles. The molecule has 6 heteroatoms. The molecule has 1 rings (SSSR count). The summed E-state index contributed by atoms with van der Waals surface area (Å²) in [5, 5.41) is 3.14. The molecule has 0 amide bonds. The Kier molecular flexibility index (Phi) is 7.71. The summed E-state index contributed by atoms with van der Waals surface area (Å²) in [6, 6.07) is 6.93. The molecule has 0 aliphatic heterocycles. The molecule has 0 fully saturated rings. The van der Waals surface area contributed by atoms with Crippen molar-refractivity contribution in [1.82, 2.24) is 4.72 Å². The van der Waals surface area contributed by atoms with E-state index in [9.17, 15) is 8.42 Å². The SMILES string of the molecule is CCCNc1ccccc1S(=O)(=O)NCCOCC(C)C. The van der Waals surface area contributed by atoms with Gasteiger partial charge in [0.05, 0.1) is 12.3 Å². The van der Waals surface area contributed by atoms with Gasteiger partial charge in [-0.3, -0.25) is 0 Å². The van der Waals surface area contributed by atoms with Gasteiger partial charge in [0.1, 0.15) is 4.90 Å². The van der Waals surface area contributed by atoms with Gasteiger partial charge < -0.3 is 10.1 Å². The topological polar surface area (TPSA) is 67.4 Å². The summed E-state index contributed by atoms with van der Waals surface area (Å²) < 4.78 is 32.6. The Morgan fingerprint density at radius 3 is 2.57 bits per heavy atom. The molecule has 0 saturated carbocycles. The number of ether oxygens (including phenoxy) is 1. The Labute approximate surface area is 128 Å². The zero-order chi connectivity index (χ0) is 15.7. The van der Waals surface area contributed by atoms with Crippen LogP contribution in [-0.2, 0) is 14.8 Å². The highest BCUT2D eigenvalue weighted by molar-refractivity contribution is 7.89. The third-order valence-electron chi connectivity index (χ3n) is 2.73. The summed E-state index contributed by atoms with van der Waals surface area (Å²) in [6.45, 7) is 8.17. The van der Waals surface area contributed by atoms with E-state index in [2.05, 4.69) is 23.9 Å². The van der Waals surface area contributed by atoms with Gasteiger partial charge in [0.2, 0.25) is 10.0 Å². The van der Waals surface area contributed by atoms with E-state index < -0.39 is 10.0 Å². The van der Waals surface area contributed by atoms with Gasteiger partial charge in [-0.1, -0.05) is 32.9 Å². The summed E-state index contributed by atoms with van der Waals surface area (Å²) in [7, 11) is -3.51. The van der Waals surface area contributed by atoms with Crippen molar-refractivity contribution in [2.75, 3.05) is 31.6 Å². The predicted molar refractivity (Wildman–Crippen MR) is 86.1 cm³/mol. The highest BCUT2D eigenvalue weighted by Gasteiger charge is 2.17. The zero-order valence-electron chi connectivity index (χ0n) is 13.1. The minimum atomic E-state index is -3.51. The lowest BCUT2D eigenvalue weighted by Crippen LogP contribution is -2.28. The van der Waals surface area contributed by atoms with Crippen molar-refractivity contribution in [1.29, 1.82) is 0 Å². The molecule has 120 valence electrons. The molecule has 1 aromatic carbocycles. The van der Waals surface area contributed by atoms with Gasteiger partial charge in [0.15, 0.2) is 0 Å². The number of hydrogen-bond donors (Lipinski definition) is 2. The van der Waals surface area contributed by atoms with Gasteiger partial charge in [-0.25, -0.2) is 13.1 Å². The van der Waals surface area contributed by atoms with Gasteiger partial charge in [0.25, 0.3) is 0 Å². The van der Waals surface area contributed by atoms with Gasteiger partial charge in [-0.15, -0.1) is 0 Å². The Balaban J connectivity index is 2.61. The van der Waals surface area contributed by atoms with Gasteiger partial charge >= 0.3 is 0 Å². The fraction of sp³-hybridized carbons (Fsp3) is 0.600. The molecule has 0 saturated heterocycles. The number of anilines is 1. The van der Waals surface area contributed by atoms with Crippen molar-refractivity contribution in [2.24, 2.45) is 5.92 Å². The smallest absolute Gasteiger partial charge is 0.242 e. The summed E-state index contributed by atoms with van der Waals surface area (Å²) in [5.74, 6) is 0.445. The van der Waals surface area contributed by atoms with Gasteiger partial charge in [0, 0.05) is 19.7 Å². The van der Waals surface area contributed by atoms with Crippen LogP contribution in [0.15, 0.2) is 29.2 Å². The number of para-hydroxylation sites is 1. The van der Waals surface area contributed by atoms with Crippen molar-refractivity contribution in [3.63, 3.8) is 0 Å². The molecule has 0 bridgehead atoms. The summed E-state index contributed by atoms with van der Waals surface area (Å²) in [4.78, 5) is 0.280. The Hall–Kier alpha value is -1.11. The molecule has 0 spiro atoms. The summed E-state index contributed by atoms with van der Waals surface area (Å²) in [5.41, 5.74) is 0.634. The van der Waals surface area contributed by atoms with Crippen LogP contribution in [0.3, 0.4) is 0 Å². The van der Waals surface area contributed by atoms with E-state index in [4.69, 9.17) is 4.74 Å². The monoisotopic (exact) mass is 314 g/mol. The first kappa shape index (κ1) is 17.9. The van der Waals surface area contributed by atoms with Crippen LogP contribution >= 0.6 is 0 Å². The van der Waals surface area contributed by atoms with Crippen molar-refractivity contribution in [3.05, 3.63) is 24.3 Å². The molecular formula is C15H26N2O3S. The Morgan fingerprint density at radius 1 is 1.19 bits per heavy atom. The first-order valence-electron chi connectivity index (χ1n) is 7.37. The average Bonchev–Trinajstić information content (AvgIpc) is 2.44. The number of sulfonamides is 1. The van der Waals surface area contributed by atoms with E-state index in [1.165, 1.54) is 0 Å². The molecule has 0 radical (unpaired) electrons. The third kappa shape index (κ3) is 6.46. The van der Waals surface area contributed by atoms with E-state index in [1.807, 2.05) is 13.0 Å². The summed E-state index contributed by atoms with van der Waals surface area (Å²) >= 11 is 0. The average molecular weight is 314 g/mol. The largest absolute Gasteiger partial charge is 0.384 e. The number of rotatable bonds is 10. The molecular weight excluding hydrogens is 288 g/mol. The maximum Gasteiger partial charge on any atom is 0.242 e. The second-order valence-electron chi connectivity index (χ2n) is 5.29. The Bertz CT molecular complexity index is 515. The molecule has 0 aliphatic rings. The molecule has 0 unspecified atom stereocenters. The normalized spacial score (nSPS) is 11.8. The van der Waals surface area contributed by atoms with Crippen molar-refractivity contribution in [2.45, 2.75) is 32.1 Å². The molecule has 5 nitrogen and oxygen atoms in total. The standard InChI is InChI=1S/C15H26N2O3S/c1-4-9-16-14-7-5-6-8-15(14)21(18,19)17-10-11-20-12-13(2)3/h5-8,13,16-17H,4,9-12H2,1-3H3. The fourth-order valence-electron chi connectivity index (χ4n) is 1.75. The van der Waals surface area contributed by atoms with Gasteiger partial charge in [-0.2, -0.15) is 0 Å². The summed E-state index contributed by atoms with van der Waals surface area (Å²) in [6.07, 6.45) is 0.935. The van der Waals surface area contributed by atoms with E-state index in [0.717, 1.165) is 13.0 Å². The number of nitrogens with one attached hydrogen (secondary N) is 2. The molecule has 1 aromatic rings. The van der Waals surface area contributed by atoms with Crippen molar-refractivity contribution >= 4 is 15.7 Å². The minimum Gasteiger partial charge on any atom is -0.384 e. The van der Waals surface area contributed by atoms with Crippen LogP contribution in [0.4, 0.5) is 5.69 Å². The highest BCUT2D eigenvalue weighted by atomic mass is 32.2. The van der Waals surface area contributed by atoms with Crippen molar-refractivity contribution in [3.8, 4) is 0 Å². The van der Waals surface area contributed by atoms with Crippen LogP contribution in [0.25, 0.3) is 0 Å². The maximum absolute atomic E-state index is 12.3. The third-order valence-corrected chi connectivity index (χ3v) is 4.25. The lowest BCUT2D eigenvalue weighted by Gasteiger charge is -2.13. The van der Waals surface area contributed by atoms with Gasteiger partial charge in [-0.05, 0) is 24.5 Å². The first-order chi connectivity index (χ1) is 9.97. The highest BCUT2D eigenvalue weighted by Crippen LogP contribution is 2.20. The minimum absolute atomic E-state index is 0.275. The number of benzene rings is 1. The lowest BCUT2D eigenvalue weighted by molar-refractivity contribution is 0.114. The molecule has 0 aromatic heterocycles. The lowest BCUT2D eigenvalue weighted by atomic mass is 10.2. The van der Waals surface area contributed by atoms with E-state index >= 15 is 0 Å². The second-order valence-corrected chi connectivity index (χ2v) is 7.02. The van der Waals surface area contributed by atoms with E-state index in [1.54, 1.807) is 18.2 Å². The predicted octanol–water partition coefficient (Wildman–Crippen LogP) is 2.46. The fourth-order valence-corrected chi connectivity index (χ4v) is 2.95. The zero-order valence-corrected chi connectivity index (χ0v) is 13.9. The van der Waals surface area contributed by atoms with Crippen molar-refractivity contribution < 1.29 is 13.2 Å². The molecule has 2 N–H and O–H groups in total. The second kappa shape index (κ2) is 9.02. The Morgan fingerprint density at radius 2 is 1.90 bits per heavy atom. The van der Waals surface area contributed by atoms with Crippen LogP contribution < -0.4 is 10.0 Å². The molecule has 21 heavy (non-hydrogen) atoms. The first-order valence-corrected chi connectivity index (χ1v) is 8.86.